The Labute approximate surface area is 167 Å². The van der Waals surface area contributed by atoms with E-state index >= 15 is 0 Å². The summed E-state index contributed by atoms with van der Waals surface area (Å²) in [5.41, 5.74) is 3.04. The molecule has 2 heterocycles. The van der Waals surface area contributed by atoms with Gasteiger partial charge in [-0.3, -0.25) is 4.79 Å². The Morgan fingerprint density at radius 3 is 2.79 bits per heavy atom. The summed E-state index contributed by atoms with van der Waals surface area (Å²) >= 11 is 1.49. The van der Waals surface area contributed by atoms with Gasteiger partial charge in [-0.05, 0) is 48.7 Å². The molecule has 1 atom stereocenters. The first-order valence-corrected chi connectivity index (χ1v) is 10.1. The maximum atomic E-state index is 13.0. The molecule has 0 saturated carbocycles. The monoisotopic (exact) mass is 396 g/mol. The van der Waals surface area contributed by atoms with Gasteiger partial charge >= 0.3 is 0 Å². The topological polar surface area (TPSA) is 58.1 Å². The van der Waals surface area contributed by atoms with E-state index in [1.54, 1.807) is 12.1 Å². The van der Waals surface area contributed by atoms with E-state index in [-0.39, 0.29) is 17.8 Å². The summed E-state index contributed by atoms with van der Waals surface area (Å²) in [7, 11) is 0. The van der Waals surface area contributed by atoms with Crippen LogP contribution in [-0.2, 0) is 11.2 Å². The third-order valence-corrected chi connectivity index (χ3v) is 5.69. The second-order valence-electron chi connectivity index (χ2n) is 6.91. The van der Waals surface area contributed by atoms with Gasteiger partial charge in [0.15, 0.2) is 0 Å². The van der Waals surface area contributed by atoms with Crippen LogP contribution >= 0.6 is 11.3 Å². The average Bonchev–Trinajstić information content (AvgIpc) is 3.32. The number of amides is 1. The fraction of sp³-hybridized carbons (Fsp3) is 0.286. The number of carbonyl (C=O) groups excluding carboxylic acids is 1. The lowest BCUT2D eigenvalue weighted by Crippen LogP contribution is -2.23. The van der Waals surface area contributed by atoms with Crippen LogP contribution in [0.15, 0.2) is 48.5 Å². The first-order chi connectivity index (χ1) is 13.6. The minimum atomic E-state index is -0.241. The molecule has 0 bridgehead atoms. The highest BCUT2D eigenvalue weighted by Gasteiger charge is 2.22. The van der Waals surface area contributed by atoms with Crippen molar-refractivity contribution in [2.45, 2.75) is 32.2 Å². The minimum absolute atomic E-state index is 0.0317. The van der Waals surface area contributed by atoms with Crippen LogP contribution < -0.4 is 10.2 Å². The number of nitrogens with one attached hydrogen (secondary N) is 1. The maximum Gasteiger partial charge on any atom is 0.227 e. The second kappa shape index (κ2) is 8.06. The summed E-state index contributed by atoms with van der Waals surface area (Å²) in [5, 5.41) is 13.5. The molecule has 5 nitrogen and oxygen atoms in total. The third-order valence-electron chi connectivity index (χ3n) is 4.83. The van der Waals surface area contributed by atoms with Gasteiger partial charge in [0, 0.05) is 25.1 Å². The molecule has 4 rings (SSSR count). The molecule has 0 radical (unpaired) electrons. The van der Waals surface area contributed by atoms with Crippen molar-refractivity contribution in [1.82, 2.24) is 10.2 Å². The van der Waals surface area contributed by atoms with Gasteiger partial charge in [-0.15, -0.1) is 10.2 Å². The summed E-state index contributed by atoms with van der Waals surface area (Å²) < 4.78 is 13.0. The molecule has 0 aliphatic carbocycles. The molecule has 1 fully saturated rings. The van der Waals surface area contributed by atoms with Crippen LogP contribution in [0.5, 0.6) is 0 Å². The van der Waals surface area contributed by atoms with Gasteiger partial charge in [0.1, 0.15) is 10.8 Å². The molecule has 144 valence electrons. The molecule has 0 spiro atoms. The lowest BCUT2D eigenvalue weighted by Gasteiger charge is -2.19. The largest absolute Gasteiger partial charge is 0.354 e. The van der Waals surface area contributed by atoms with Crippen LogP contribution in [-0.4, -0.2) is 22.6 Å². The Balaban J connectivity index is 1.42. The molecule has 28 heavy (non-hydrogen) atoms. The zero-order valence-corrected chi connectivity index (χ0v) is 16.4. The number of nitrogens with zero attached hydrogens (tertiary/aromatic N) is 3. The van der Waals surface area contributed by atoms with E-state index in [9.17, 15) is 9.18 Å². The molecule has 1 unspecified atom stereocenters. The normalized spacial score (nSPS) is 15.1. The Morgan fingerprint density at radius 1 is 1.21 bits per heavy atom. The van der Waals surface area contributed by atoms with Gasteiger partial charge in [-0.1, -0.05) is 35.6 Å². The van der Waals surface area contributed by atoms with Gasteiger partial charge in [0.25, 0.3) is 0 Å². The van der Waals surface area contributed by atoms with Crippen LogP contribution in [0.2, 0.25) is 0 Å². The molecule has 1 aromatic heterocycles. The van der Waals surface area contributed by atoms with E-state index in [1.807, 2.05) is 23.1 Å². The number of hydrogen-bond acceptors (Lipinski definition) is 5. The van der Waals surface area contributed by atoms with E-state index in [4.69, 9.17) is 0 Å². The van der Waals surface area contributed by atoms with Crippen LogP contribution in [0.3, 0.4) is 0 Å². The van der Waals surface area contributed by atoms with Gasteiger partial charge < -0.3 is 10.2 Å². The number of rotatable bonds is 6. The van der Waals surface area contributed by atoms with Crippen molar-refractivity contribution in [2.24, 2.45) is 0 Å². The van der Waals surface area contributed by atoms with E-state index in [1.165, 1.54) is 23.5 Å². The predicted octanol–water partition coefficient (Wildman–Crippen LogP) is 4.57. The lowest BCUT2D eigenvalue weighted by molar-refractivity contribution is -0.117. The zero-order valence-electron chi connectivity index (χ0n) is 15.6. The van der Waals surface area contributed by atoms with E-state index in [0.717, 1.165) is 39.9 Å². The van der Waals surface area contributed by atoms with E-state index in [2.05, 4.69) is 28.5 Å². The SMILES string of the molecule is CC(Nc1nnc(Cc2ccc(F)cc2)s1)c1cccc(N2CCCC2=O)c1. The molecular weight excluding hydrogens is 375 g/mol. The Bertz CT molecular complexity index is 973. The van der Waals surface area contributed by atoms with Crippen LogP contribution in [0.25, 0.3) is 0 Å². The number of aromatic nitrogens is 2. The molecule has 1 amide bonds. The maximum absolute atomic E-state index is 13.0. The quantitative estimate of drug-likeness (QED) is 0.663. The van der Waals surface area contributed by atoms with Crippen molar-refractivity contribution in [3.8, 4) is 0 Å². The van der Waals surface area contributed by atoms with Crippen LogP contribution in [0.1, 0.15) is 41.9 Å². The van der Waals surface area contributed by atoms with Crippen molar-refractivity contribution < 1.29 is 9.18 Å². The van der Waals surface area contributed by atoms with E-state index in [0.29, 0.717) is 12.8 Å². The zero-order chi connectivity index (χ0) is 19.5. The van der Waals surface area contributed by atoms with Crippen LogP contribution in [0, 0.1) is 5.82 Å². The number of carbonyl (C=O) groups is 1. The molecule has 1 N–H and O–H groups in total. The van der Waals surface area contributed by atoms with Crippen molar-refractivity contribution in [3.05, 3.63) is 70.5 Å². The van der Waals surface area contributed by atoms with Crippen molar-refractivity contribution in [3.63, 3.8) is 0 Å². The van der Waals surface area contributed by atoms with Crippen LogP contribution in [0.4, 0.5) is 15.2 Å². The standard InChI is InChI=1S/C21H21FN4OS/c1-14(16-4-2-5-18(13-16)26-11-3-6-20(26)27)23-21-25-24-19(28-21)12-15-7-9-17(22)10-8-15/h2,4-5,7-10,13-14H,3,6,11-12H2,1H3,(H,23,25). The van der Waals surface area contributed by atoms with E-state index < -0.39 is 0 Å². The number of benzene rings is 2. The lowest BCUT2D eigenvalue weighted by atomic mass is 10.1. The number of halogens is 1. The third kappa shape index (κ3) is 4.20. The molecule has 1 saturated heterocycles. The Kier molecular flexibility index (Phi) is 5.34. The van der Waals surface area contributed by atoms with Crippen molar-refractivity contribution >= 4 is 28.1 Å². The highest BCUT2D eigenvalue weighted by Crippen LogP contribution is 2.28. The first kappa shape index (κ1) is 18.6. The Morgan fingerprint density at radius 2 is 2.04 bits per heavy atom. The molecule has 1 aliphatic rings. The van der Waals surface area contributed by atoms with Crippen molar-refractivity contribution in [1.29, 1.82) is 0 Å². The summed E-state index contributed by atoms with van der Waals surface area (Å²) in [5.74, 6) is -0.0534. The fourth-order valence-electron chi connectivity index (χ4n) is 3.31. The fourth-order valence-corrected chi connectivity index (χ4v) is 4.17. The van der Waals surface area contributed by atoms with Gasteiger partial charge in [-0.25, -0.2) is 4.39 Å². The second-order valence-corrected chi connectivity index (χ2v) is 7.98. The minimum Gasteiger partial charge on any atom is -0.354 e. The molecule has 1 aliphatic heterocycles. The molecular formula is C21H21FN4OS. The molecule has 7 heteroatoms. The predicted molar refractivity (Wildman–Crippen MR) is 109 cm³/mol. The summed E-state index contributed by atoms with van der Waals surface area (Å²) in [6, 6.07) is 14.5. The molecule has 2 aromatic carbocycles. The van der Waals surface area contributed by atoms with Gasteiger partial charge in [0.05, 0.1) is 6.04 Å². The van der Waals surface area contributed by atoms with Gasteiger partial charge in [-0.2, -0.15) is 0 Å². The smallest absolute Gasteiger partial charge is 0.227 e. The summed E-state index contributed by atoms with van der Waals surface area (Å²) in [6.07, 6.45) is 2.17. The molecule has 3 aromatic rings. The van der Waals surface area contributed by atoms with Crippen molar-refractivity contribution in [2.75, 3.05) is 16.8 Å². The highest BCUT2D eigenvalue weighted by molar-refractivity contribution is 7.15. The number of anilines is 2. The average molecular weight is 396 g/mol. The summed E-state index contributed by atoms with van der Waals surface area (Å²) in [6.45, 7) is 2.85. The first-order valence-electron chi connectivity index (χ1n) is 9.32. The highest BCUT2D eigenvalue weighted by atomic mass is 32.1. The van der Waals surface area contributed by atoms with Gasteiger partial charge in [0.2, 0.25) is 11.0 Å². The Hall–Kier alpha value is -2.80. The number of hydrogen-bond donors (Lipinski definition) is 1. The summed E-state index contributed by atoms with van der Waals surface area (Å²) in [4.78, 5) is 13.8.